The molecule has 0 amide bonds. The number of ether oxygens (including phenoxy) is 2. The molecule has 6 nitrogen and oxygen atoms in total. The first-order valence-corrected chi connectivity index (χ1v) is 9.64. The zero-order valence-corrected chi connectivity index (χ0v) is 17.4. The van der Waals surface area contributed by atoms with Gasteiger partial charge in [0, 0.05) is 11.1 Å². The van der Waals surface area contributed by atoms with Crippen LogP contribution in [0.4, 0.5) is 0 Å². The van der Waals surface area contributed by atoms with Gasteiger partial charge < -0.3 is 9.47 Å². The summed E-state index contributed by atoms with van der Waals surface area (Å²) in [5.41, 5.74) is 3.02. The van der Waals surface area contributed by atoms with E-state index in [0.29, 0.717) is 28.6 Å². The van der Waals surface area contributed by atoms with Crippen LogP contribution < -0.4 is 4.74 Å². The minimum Gasteiger partial charge on any atom is -0.482 e. The van der Waals surface area contributed by atoms with Gasteiger partial charge in [-0.1, -0.05) is 41.9 Å². The SMILES string of the molecule is COC(=O)COc1ccc(C(=O)C=Cc2c(C)nn(Cc3ccccc3)c2Cl)cc1. The fourth-order valence-corrected chi connectivity index (χ4v) is 3.09. The van der Waals surface area contributed by atoms with Gasteiger partial charge in [0.15, 0.2) is 12.4 Å². The maximum Gasteiger partial charge on any atom is 0.343 e. The highest BCUT2D eigenvalue weighted by Crippen LogP contribution is 2.23. The van der Waals surface area contributed by atoms with E-state index in [-0.39, 0.29) is 12.4 Å². The molecule has 0 N–H and O–H groups in total. The molecule has 7 heteroatoms. The Hall–Kier alpha value is -3.38. The molecule has 0 bridgehead atoms. The Morgan fingerprint density at radius 1 is 1.10 bits per heavy atom. The Kier molecular flexibility index (Phi) is 7.03. The first kappa shape index (κ1) is 21.3. The second kappa shape index (κ2) is 9.89. The smallest absolute Gasteiger partial charge is 0.343 e. The van der Waals surface area contributed by atoms with E-state index in [1.165, 1.54) is 13.2 Å². The molecule has 0 atom stereocenters. The van der Waals surface area contributed by atoms with Crippen LogP contribution in [0, 0.1) is 6.92 Å². The minimum absolute atomic E-state index is 0.180. The quantitative estimate of drug-likeness (QED) is 0.305. The Balaban J connectivity index is 1.68. The first-order chi connectivity index (χ1) is 14.5. The van der Waals surface area contributed by atoms with E-state index in [2.05, 4.69) is 9.84 Å². The van der Waals surface area contributed by atoms with Crippen LogP contribution in [0.2, 0.25) is 5.15 Å². The van der Waals surface area contributed by atoms with Crippen molar-refractivity contribution < 1.29 is 19.1 Å². The van der Waals surface area contributed by atoms with Gasteiger partial charge in [-0.15, -0.1) is 0 Å². The number of carbonyl (C=O) groups excluding carboxylic acids is 2. The molecule has 0 radical (unpaired) electrons. The van der Waals surface area contributed by atoms with Crippen molar-refractivity contribution in [1.29, 1.82) is 0 Å². The number of aromatic nitrogens is 2. The molecule has 0 saturated carbocycles. The molecule has 0 spiro atoms. The van der Waals surface area contributed by atoms with Gasteiger partial charge in [0.25, 0.3) is 0 Å². The van der Waals surface area contributed by atoms with Crippen LogP contribution in [0.15, 0.2) is 60.7 Å². The van der Waals surface area contributed by atoms with Gasteiger partial charge in [0.1, 0.15) is 10.9 Å². The lowest BCUT2D eigenvalue weighted by molar-refractivity contribution is -0.142. The van der Waals surface area contributed by atoms with Gasteiger partial charge in [-0.05, 0) is 48.9 Å². The first-order valence-electron chi connectivity index (χ1n) is 9.27. The molecule has 3 aromatic rings. The fourth-order valence-electron chi connectivity index (χ4n) is 2.79. The number of esters is 1. The van der Waals surface area contributed by atoms with Crippen LogP contribution in [-0.4, -0.2) is 35.2 Å². The van der Waals surface area contributed by atoms with E-state index in [1.807, 2.05) is 37.3 Å². The van der Waals surface area contributed by atoms with E-state index in [4.69, 9.17) is 16.3 Å². The monoisotopic (exact) mass is 424 g/mol. The van der Waals surface area contributed by atoms with Crippen molar-refractivity contribution in [2.75, 3.05) is 13.7 Å². The van der Waals surface area contributed by atoms with Gasteiger partial charge in [-0.2, -0.15) is 5.10 Å². The van der Waals surface area contributed by atoms with E-state index in [1.54, 1.807) is 35.0 Å². The molecule has 0 aliphatic carbocycles. The minimum atomic E-state index is -0.474. The number of benzene rings is 2. The molecular weight excluding hydrogens is 404 g/mol. The van der Waals surface area contributed by atoms with E-state index < -0.39 is 5.97 Å². The fraction of sp³-hybridized carbons (Fsp3) is 0.174. The normalized spacial score (nSPS) is 10.9. The van der Waals surface area contributed by atoms with Crippen molar-refractivity contribution in [1.82, 2.24) is 9.78 Å². The summed E-state index contributed by atoms with van der Waals surface area (Å²) >= 11 is 6.49. The summed E-state index contributed by atoms with van der Waals surface area (Å²) < 4.78 is 11.5. The number of carbonyl (C=O) groups is 2. The van der Waals surface area contributed by atoms with E-state index in [0.717, 1.165) is 11.3 Å². The Morgan fingerprint density at radius 3 is 2.47 bits per heavy atom. The standard InChI is InChI=1S/C23H21ClN2O4/c1-16-20(23(24)26(25-16)14-17-6-4-3-5-7-17)12-13-21(27)18-8-10-19(11-9-18)30-15-22(28)29-2/h3-13H,14-15H2,1-2H3. The molecule has 2 aromatic carbocycles. The number of halogens is 1. The van der Waals surface area contributed by atoms with E-state index in [9.17, 15) is 9.59 Å². The summed E-state index contributed by atoms with van der Waals surface area (Å²) in [6.45, 7) is 2.22. The lowest BCUT2D eigenvalue weighted by Gasteiger charge is -2.05. The van der Waals surface area contributed by atoms with Crippen LogP contribution in [-0.2, 0) is 16.1 Å². The van der Waals surface area contributed by atoms with Crippen LogP contribution in [0.5, 0.6) is 5.75 Å². The number of ketones is 1. The van der Waals surface area contributed by atoms with Crippen molar-refractivity contribution in [3.8, 4) is 5.75 Å². The lowest BCUT2D eigenvalue weighted by atomic mass is 10.1. The number of hydrogen-bond donors (Lipinski definition) is 0. The van der Waals surface area contributed by atoms with Crippen molar-refractivity contribution in [2.24, 2.45) is 0 Å². The van der Waals surface area contributed by atoms with Crippen LogP contribution in [0.25, 0.3) is 6.08 Å². The lowest BCUT2D eigenvalue weighted by Crippen LogP contribution is -2.12. The molecule has 3 rings (SSSR count). The zero-order chi connectivity index (χ0) is 21.5. The van der Waals surface area contributed by atoms with Gasteiger partial charge in [0.2, 0.25) is 0 Å². The van der Waals surface area contributed by atoms with Crippen LogP contribution >= 0.6 is 11.6 Å². The predicted molar refractivity (Wildman–Crippen MR) is 115 cm³/mol. The highest BCUT2D eigenvalue weighted by Gasteiger charge is 2.12. The molecule has 30 heavy (non-hydrogen) atoms. The largest absolute Gasteiger partial charge is 0.482 e. The second-order valence-corrected chi connectivity index (χ2v) is 6.88. The summed E-state index contributed by atoms with van der Waals surface area (Å²) in [5.74, 6) is -0.180. The van der Waals surface area contributed by atoms with Crippen molar-refractivity contribution in [3.63, 3.8) is 0 Å². The molecule has 0 fully saturated rings. The van der Waals surface area contributed by atoms with Crippen molar-refractivity contribution >= 4 is 29.4 Å². The maximum atomic E-state index is 12.5. The number of rotatable bonds is 8. The summed E-state index contributed by atoms with van der Waals surface area (Å²) in [4.78, 5) is 23.6. The van der Waals surface area contributed by atoms with Gasteiger partial charge in [-0.25, -0.2) is 9.48 Å². The average molecular weight is 425 g/mol. The molecule has 1 aromatic heterocycles. The average Bonchev–Trinajstić information content (AvgIpc) is 3.03. The van der Waals surface area contributed by atoms with Gasteiger partial charge in [0.05, 0.1) is 19.3 Å². The maximum absolute atomic E-state index is 12.5. The Bertz CT molecular complexity index is 1060. The van der Waals surface area contributed by atoms with Crippen LogP contribution in [0.3, 0.4) is 0 Å². The highest BCUT2D eigenvalue weighted by molar-refractivity contribution is 6.31. The second-order valence-electron chi connectivity index (χ2n) is 6.52. The molecule has 0 aliphatic heterocycles. The predicted octanol–water partition coefficient (Wildman–Crippen LogP) is 4.34. The van der Waals surface area contributed by atoms with Gasteiger partial charge in [-0.3, -0.25) is 4.79 Å². The summed E-state index contributed by atoms with van der Waals surface area (Å²) in [6, 6.07) is 16.4. The van der Waals surface area contributed by atoms with Crippen LogP contribution in [0.1, 0.15) is 27.2 Å². The van der Waals surface area contributed by atoms with Crippen molar-refractivity contribution in [2.45, 2.75) is 13.5 Å². The third kappa shape index (κ3) is 5.36. The molecule has 0 unspecified atom stereocenters. The summed E-state index contributed by atoms with van der Waals surface area (Å²) in [6.07, 6.45) is 3.14. The van der Waals surface area contributed by atoms with E-state index >= 15 is 0 Å². The topological polar surface area (TPSA) is 70.4 Å². The third-order valence-corrected chi connectivity index (χ3v) is 4.81. The summed E-state index contributed by atoms with van der Waals surface area (Å²) in [5, 5.41) is 4.96. The third-order valence-electron chi connectivity index (χ3n) is 4.41. The molecule has 154 valence electrons. The molecule has 1 heterocycles. The molecular formula is C23H21ClN2O4. The molecule has 0 saturated heterocycles. The number of methoxy groups -OCH3 is 1. The number of hydrogen-bond acceptors (Lipinski definition) is 5. The highest BCUT2D eigenvalue weighted by atomic mass is 35.5. The number of allylic oxidation sites excluding steroid dienone is 1. The number of nitrogens with zero attached hydrogens (tertiary/aromatic N) is 2. The van der Waals surface area contributed by atoms with Crippen molar-refractivity contribution in [3.05, 3.63) is 88.2 Å². The molecule has 0 aliphatic rings. The number of aryl methyl sites for hydroxylation is 1. The Morgan fingerprint density at radius 2 is 1.80 bits per heavy atom. The zero-order valence-electron chi connectivity index (χ0n) is 16.7. The summed E-state index contributed by atoms with van der Waals surface area (Å²) in [7, 11) is 1.29. The Labute approximate surface area is 179 Å². The van der Waals surface area contributed by atoms with Gasteiger partial charge >= 0.3 is 5.97 Å².